The lowest BCUT2D eigenvalue weighted by molar-refractivity contribution is 0.0209. The second-order valence-corrected chi connectivity index (χ2v) is 9.06. The van der Waals surface area contributed by atoms with Crippen molar-refractivity contribution in [1.82, 2.24) is 4.31 Å². The molecule has 1 fully saturated rings. The fraction of sp³-hybridized carbons (Fsp3) is 0.684. The van der Waals surface area contributed by atoms with E-state index < -0.39 is 10.0 Å². The summed E-state index contributed by atoms with van der Waals surface area (Å²) in [6, 6.07) is 6.72. The van der Waals surface area contributed by atoms with Gasteiger partial charge in [0.05, 0.1) is 17.6 Å². The first-order chi connectivity index (χ1) is 12.4. The second kappa shape index (κ2) is 10.3. The Morgan fingerprint density at radius 3 is 2.38 bits per heavy atom. The highest BCUT2D eigenvalue weighted by Gasteiger charge is 2.29. The van der Waals surface area contributed by atoms with Gasteiger partial charge in [-0.3, -0.25) is 0 Å². The first kappa shape index (κ1) is 21.2. The molecule has 0 saturated carbocycles. The molecule has 148 valence electrons. The number of rotatable bonds is 10. The molecule has 0 aliphatic carbocycles. The number of sulfonamides is 1. The van der Waals surface area contributed by atoms with Crippen LogP contribution in [0.1, 0.15) is 39.5 Å². The van der Waals surface area contributed by atoms with Crippen LogP contribution in [0, 0.1) is 5.92 Å². The first-order valence-electron chi connectivity index (χ1n) is 9.48. The van der Waals surface area contributed by atoms with Crippen LogP contribution in [-0.4, -0.2) is 51.7 Å². The Balaban J connectivity index is 1.87. The zero-order valence-corrected chi connectivity index (χ0v) is 16.7. The third-order valence-electron chi connectivity index (χ3n) is 4.53. The predicted octanol–water partition coefficient (Wildman–Crippen LogP) is 2.63. The lowest BCUT2D eigenvalue weighted by atomic mass is 10.1. The van der Waals surface area contributed by atoms with E-state index in [2.05, 4.69) is 13.8 Å². The smallest absolute Gasteiger partial charge is 0.243 e. The molecule has 1 saturated heterocycles. The van der Waals surface area contributed by atoms with E-state index >= 15 is 0 Å². The van der Waals surface area contributed by atoms with Gasteiger partial charge in [-0.2, -0.15) is 4.31 Å². The van der Waals surface area contributed by atoms with Crippen molar-refractivity contribution in [3.63, 3.8) is 0 Å². The molecular weight excluding hydrogens is 352 g/mol. The predicted molar refractivity (Wildman–Crippen MR) is 103 cm³/mol. The summed E-state index contributed by atoms with van der Waals surface area (Å²) in [5.74, 6) is 1.29. The molecule has 6 nitrogen and oxygen atoms in total. The molecule has 1 aliphatic heterocycles. The van der Waals surface area contributed by atoms with Gasteiger partial charge in [-0.1, -0.05) is 13.8 Å². The molecule has 0 amide bonds. The minimum atomic E-state index is -3.46. The highest BCUT2D eigenvalue weighted by atomic mass is 32.2. The molecule has 0 atom stereocenters. The topological polar surface area (TPSA) is 81.9 Å². The van der Waals surface area contributed by atoms with Crippen molar-refractivity contribution in [1.29, 1.82) is 0 Å². The van der Waals surface area contributed by atoms with Crippen molar-refractivity contribution in [3.05, 3.63) is 24.3 Å². The van der Waals surface area contributed by atoms with E-state index in [0.717, 1.165) is 25.7 Å². The van der Waals surface area contributed by atoms with Crippen molar-refractivity contribution in [2.24, 2.45) is 11.7 Å². The molecule has 0 aromatic heterocycles. The van der Waals surface area contributed by atoms with E-state index in [0.29, 0.717) is 49.4 Å². The Kier molecular flexibility index (Phi) is 8.34. The highest BCUT2D eigenvalue weighted by Crippen LogP contribution is 2.24. The molecule has 0 radical (unpaired) electrons. The summed E-state index contributed by atoms with van der Waals surface area (Å²) >= 11 is 0. The number of ether oxygens (including phenoxy) is 2. The fourth-order valence-electron chi connectivity index (χ4n) is 2.84. The minimum Gasteiger partial charge on any atom is -0.494 e. The van der Waals surface area contributed by atoms with Crippen LogP contribution in [0.4, 0.5) is 0 Å². The number of benzene rings is 1. The Hall–Kier alpha value is -1.15. The third kappa shape index (κ3) is 6.23. The van der Waals surface area contributed by atoms with Gasteiger partial charge in [0.25, 0.3) is 0 Å². The lowest BCUT2D eigenvalue weighted by Crippen LogP contribution is -2.40. The summed E-state index contributed by atoms with van der Waals surface area (Å²) in [4.78, 5) is 0.316. The molecule has 0 bridgehead atoms. The standard InChI is InChI=1S/C19H32N2O4S/c1-16(2)10-15-25-17-4-6-19(7-5-17)26(22,23)21-12-8-18(9-13-21)24-14-3-11-20/h4-7,16,18H,3,8-15,20H2,1-2H3. The van der Waals surface area contributed by atoms with Gasteiger partial charge in [0.2, 0.25) is 10.0 Å². The van der Waals surface area contributed by atoms with Crippen LogP contribution in [-0.2, 0) is 14.8 Å². The second-order valence-electron chi connectivity index (χ2n) is 7.12. The van der Waals surface area contributed by atoms with Crippen molar-refractivity contribution in [2.75, 3.05) is 32.8 Å². The first-order valence-corrected chi connectivity index (χ1v) is 10.9. The summed E-state index contributed by atoms with van der Waals surface area (Å²) in [6.07, 6.45) is 3.39. The Morgan fingerprint density at radius 2 is 1.81 bits per heavy atom. The van der Waals surface area contributed by atoms with E-state index in [-0.39, 0.29) is 6.10 Å². The van der Waals surface area contributed by atoms with Gasteiger partial charge in [-0.25, -0.2) is 8.42 Å². The molecule has 0 unspecified atom stereocenters. The van der Waals surface area contributed by atoms with Crippen LogP contribution in [0.15, 0.2) is 29.2 Å². The van der Waals surface area contributed by atoms with E-state index in [1.165, 1.54) is 0 Å². The molecule has 7 heteroatoms. The van der Waals surface area contributed by atoms with E-state index in [1.807, 2.05) is 0 Å². The van der Waals surface area contributed by atoms with Crippen molar-refractivity contribution < 1.29 is 17.9 Å². The summed E-state index contributed by atoms with van der Waals surface area (Å²) in [5.41, 5.74) is 5.46. The van der Waals surface area contributed by atoms with E-state index in [4.69, 9.17) is 15.2 Å². The maximum absolute atomic E-state index is 12.8. The van der Waals surface area contributed by atoms with Gasteiger partial charge in [-0.15, -0.1) is 0 Å². The third-order valence-corrected chi connectivity index (χ3v) is 6.44. The van der Waals surface area contributed by atoms with Crippen LogP contribution in [0.5, 0.6) is 5.75 Å². The van der Waals surface area contributed by atoms with Crippen LogP contribution in [0.3, 0.4) is 0 Å². The number of nitrogens with two attached hydrogens (primary N) is 1. The Labute approximate surface area is 157 Å². The van der Waals surface area contributed by atoms with E-state index in [1.54, 1.807) is 28.6 Å². The van der Waals surface area contributed by atoms with Crippen LogP contribution in [0.25, 0.3) is 0 Å². The summed E-state index contributed by atoms with van der Waals surface area (Å²) < 4.78 is 38.5. The average molecular weight is 385 g/mol. The Morgan fingerprint density at radius 1 is 1.15 bits per heavy atom. The zero-order chi connectivity index (χ0) is 19.0. The molecule has 2 rings (SSSR count). The minimum absolute atomic E-state index is 0.129. The number of hydrogen-bond donors (Lipinski definition) is 1. The number of piperidine rings is 1. The van der Waals surface area contributed by atoms with Gasteiger partial charge in [0, 0.05) is 19.7 Å². The van der Waals surface area contributed by atoms with Gasteiger partial charge in [0.1, 0.15) is 5.75 Å². The van der Waals surface area contributed by atoms with Crippen LogP contribution >= 0.6 is 0 Å². The molecule has 1 aliphatic rings. The summed E-state index contributed by atoms with van der Waals surface area (Å²) in [6.45, 7) is 7.17. The Bertz CT molecular complexity index is 623. The van der Waals surface area contributed by atoms with Gasteiger partial charge in [-0.05, 0) is 62.4 Å². The summed E-state index contributed by atoms with van der Waals surface area (Å²) in [5, 5.41) is 0. The molecule has 1 aromatic carbocycles. The van der Waals surface area contributed by atoms with Gasteiger partial charge < -0.3 is 15.2 Å². The normalized spacial score (nSPS) is 16.9. The number of nitrogens with zero attached hydrogens (tertiary/aromatic N) is 1. The molecular formula is C19H32N2O4S. The molecule has 2 N–H and O–H groups in total. The zero-order valence-electron chi connectivity index (χ0n) is 15.9. The maximum atomic E-state index is 12.8. The molecule has 26 heavy (non-hydrogen) atoms. The molecule has 0 spiro atoms. The van der Waals surface area contributed by atoms with E-state index in [9.17, 15) is 8.42 Å². The molecule has 1 heterocycles. The largest absolute Gasteiger partial charge is 0.494 e. The maximum Gasteiger partial charge on any atom is 0.243 e. The lowest BCUT2D eigenvalue weighted by Gasteiger charge is -2.31. The molecule has 1 aromatic rings. The summed E-state index contributed by atoms with van der Waals surface area (Å²) in [7, 11) is -3.46. The van der Waals surface area contributed by atoms with Crippen molar-refractivity contribution in [3.8, 4) is 5.75 Å². The van der Waals surface area contributed by atoms with Crippen molar-refractivity contribution in [2.45, 2.75) is 50.5 Å². The van der Waals surface area contributed by atoms with Gasteiger partial charge >= 0.3 is 0 Å². The SMILES string of the molecule is CC(C)CCOc1ccc(S(=O)(=O)N2CCC(OCCCN)CC2)cc1. The highest BCUT2D eigenvalue weighted by molar-refractivity contribution is 7.89. The number of hydrogen-bond acceptors (Lipinski definition) is 5. The average Bonchev–Trinajstić information content (AvgIpc) is 2.62. The van der Waals surface area contributed by atoms with Crippen molar-refractivity contribution >= 4 is 10.0 Å². The monoisotopic (exact) mass is 384 g/mol. The van der Waals surface area contributed by atoms with Crippen LogP contribution < -0.4 is 10.5 Å². The van der Waals surface area contributed by atoms with Crippen LogP contribution in [0.2, 0.25) is 0 Å². The fourth-order valence-corrected chi connectivity index (χ4v) is 4.31. The quantitative estimate of drug-likeness (QED) is 0.627. The van der Waals surface area contributed by atoms with Gasteiger partial charge in [0.15, 0.2) is 0 Å².